The van der Waals surface area contributed by atoms with Crippen molar-refractivity contribution >= 4 is 22.0 Å². The van der Waals surface area contributed by atoms with E-state index in [9.17, 15) is 22.4 Å². The van der Waals surface area contributed by atoms with Crippen LogP contribution >= 0.6 is 0 Å². The summed E-state index contributed by atoms with van der Waals surface area (Å²) in [5.41, 5.74) is 0.694. The quantitative estimate of drug-likeness (QED) is 0.529. The second-order valence-electron chi connectivity index (χ2n) is 8.68. The molecule has 1 saturated heterocycles. The molecule has 0 spiro atoms. The molecule has 34 heavy (non-hydrogen) atoms. The first kappa shape index (κ1) is 25.6. The second kappa shape index (κ2) is 11.4. The summed E-state index contributed by atoms with van der Waals surface area (Å²) in [4.78, 5) is 27.2. The molecular formula is C24H31FN4O4S. The standard InChI is InChI=1S/C24H31FN4O4S/c1-17(2)27-24(31)29-14-12-19(13-15-29)22(28-34(32,33)21-6-4-3-5-7-21)23(30)26-16-18-8-10-20(25)11-9-18/h3-11,17,19,22,28H,12-16H2,1-2H3,(H,26,30)(H,27,31)/t22-/m0/s1. The summed E-state index contributed by atoms with van der Waals surface area (Å²) in [6.45, 7) is 4.73. The highest BCUT2D eigenvalue weighted by atomic mass is 32.2. The fourth-order valence-corrected chi connectivity index (χ4v) is 5.16. The van der Waals surface area contributed by atoms with Crippen molar-refractivity contribution in [2.24, 2.45) is 5.92 Å². The second-order valence-corrected chi connectivity index (χ2v) is 10.4. The van der Waals surface area contributed by atoms with E-state index in [1.54, 1.807) is 35.2 Å². The van der Waals surface area contributed by atoms with E-state index in [4.69, 9.17) is 0 Å². The number of benzene rings is 2. The minimum atomic E-state index is -3.94. The van der Waals surface area contributed by atoms with Crippen LogP contribution in [0.15, 0.2) is 59.5 Å². The third kappa shape index (κ3) is 7.01. The summed E-state index contributed by atoms with van der Waals surface area (Å²) in [6.07, 6.45) is 0.939. The van der Waals surface area contributed by atoms with Gasteiger partial charge < -0.3 is 15.5 Å². The zero-order valence-corrected chi connectivity index (χ0v) is 20.1. The molecule has 0 bridgehead atoms. The van der Waals surface area contributed by atoms with Crippen LogP contribution in [-0.4, -0.2) is 50.4 Å². The molecule has 1 heterocycles. The average molecular weight is 491 g/mol. The smallest absolute Gasteiger partial charge is 0.317 e. The van der Waals surface area contributed by atoms with Gasteiger partial charge in [0.2, 0.25) is 15.9 Å². The minimum absolute atomic E-state index is 0.00731. The summed E-state index contributed by atoms with van der Waals surface area (Å²) in [5, 5.41) is 5.62. The molecule has 3 N–H and O–H groups in total. The minimum Gasteiger partial charge on any atom is -0.351 e. The first-order chi connectivity index (χ1) is 16.2. The van der Waals surface area contributed by atoms with Crippen LogP contribution in [-0.2, 0) is 21.4 Å². The fraction of sp³-hybridized carbons (Fsp3) is 0.417. The van der Waals surface area contributed by atoms with Gasteiger partial charge in [0, 0.05) is 25.7 Å². The van der Waals surface area contributed by atoms with Crippen LogP contribution in [0.3, 0.4) is 0 Å². The van der Waals surface area contributed by atoms with E-state index in [0.717, 1.165) is 0 Å². The molecule has 0 aliphatic carbocycles. The Kier molecular flexibility index (Phi) is 8.62. The maximum absolute atomic E-state index is 13.2. The molecule has 0 radical (unpaired) electrons. The highest BCUT2D eigenvalue weighted by Crippen LogP contribution is 2.23. The lowest BCUT2D eigenvalue weighted by atomic mass is 9.89. The fourth-order valence-electron chi connectivity index (χ4n) is 3.87. The molecule has 1 aliphatic rings. The van der Waals surface area contributed by atoms with Gasteiger partial charge in [0.25, 0.3) is 0 Å². The number of piperidine rings is 1. The lowest BCUT2D eigenvalue weighted by Crippen LogP contribution is -2.54. The van der Waals surface area contributed by atoms with Crippen LogP contribution in [0.1, 0.15) is 32.3 Å². The molecular weight excluding hydrogens is 459 g/mol. The lowest BCUT2D eigenvalue weighted by molar-refractivity contribution is -0.124. The number of carbonyl (C=O) groups is 2. The average Bonchev–Trinajstić information content (AvgIpc) is 2.82. The number of hydrogen-bond donors (Lipinski definition) is 3. The van der Waals surface area contributed by atoms with Gasteiger partial charge in [-0.3, -0.25) is 4.79 Å². The van der Waals surface area contributed by atoms with Gasteiger partial charge in [-0.15, -0.1) is 0 Å². The van der Waals surface area contributed by atoms with Crippen molar-refractivity contribution < 1.29 is 22.4 Å². The predicted octanol–water partition coefficient (Wildman–Crippen LogP) is 2.62. The Morgan fingerprint density at radius 2 is 1.65 bits per heavy atom. The summed E-state index contributed by atoms with van der Waals surface area (Å²) in [5.74, 6) is -1.14. The third-order valence-corrected chi connectivity index (χ3v) is 7.17. The van der Waals surface area contributed by atoms with Gasteiger partial charge in [-0.1, -0.05) is 30.3 Å². The van der Waals surface area contributed by atoms with Crippen LogP contribution in [0.5, 0.6) is 0 Å². The molecule has 10 heteroatoms. The van der Waals surface area contributed by atoms with Gasteiger partial charge >= 0.3 is 6.03 Å². The Bertz CT molecular complexity index is 1070. The number of sulfonamides is 1. The highest BCUT2D eigenvalue weighted by molar-refractivity contribution is 7.89. The Hall–Kier alpha value is -2.98. The number of urea groups is 1. The number of likely N-dealkylation sites (tertiary alicyclic amines) is 1. The van der Waals surface area contributed by atoms with E-state index in [1.807, 2.05) is 13.8 Å². The number of hydrogen-bond acceptors (Lipinski definition) is 4. The van der Waals surface area contributed by atoms with Gasteiger partial charge in [0.15, 0.2) is 0 Å². The Balaban J connectivity index is 1.73. The van der Waals surface area contributed by atoms with Crippen molar-refractivity contribution in [3.63, 3.8) is 0 Å². The molecule has 3 amide bonds. The normalized spacial score (nSPS) is 15.7. The molecule has 1 aliphatic heterocycles. The van der Waals surface area contributed by atoms with Crippen LogP contribution in [0.2, 0.25) is 0 Å². The van der Waals surface area contributed by atoms with Gasteiger partial charge in [-0.25, -0.2) is 17.6 Å². The van der Waals surface area contributed by atoms with Crippen LogP contribution in [0.4, 0.5) is 9.18 Å². The third-order valence-electron chi connectivity index (χ3n) is 5.71. The maximum Gasteiger partial charge on any atom is 0.317 e. The molecule has 1 atom stereocenters. The maximum atomic E-state index is 13.2. The Morgan fingerprint density at radius 1 is 1.03 bits per heavy atom. The van der Waals surface area contributed by atoms with E-state index in [2.05, 4.69) is 15.4 Å². The molecule has 0 aromatic heterocycles. The molecule has 0 unspecified atom stereocenters. The number of carbonyl (C=O) groups excluding carboxylic acids is 2. The molecule has 3 rings (SSSR count). The zero-order valence-electron chi connectivity index (χ0n) is 19.3. The molecule has 2 aromatic carbocycles. The van der Waals surface area contributed by atoms with E-state index < -0.39 is 22.0 Å². The summed E-state index contributed by atoms with van der Waals surface area (Å²) >= 11 is 0. The summed E-state index contributed by atoms with van der Waals surface area (Å²) in [7, 11) is -3.94. The Labute approximate surface area is 200 Å². The zero-order chi connectivity index (χ0) is 24.7. The molecule has 2 aromatic rings. The van der Waals surface area contributed by atoms with Crippen LogP contribution in [0, 0.1) is 11.7 Å². The largest absolute Gasteiger partial charge is 0.351 e. The van der Waals surface area contributed by atoms with Crippen molar-refractivity contribution in [1.82, 2.24) is 20.3 Å². The SMILES string of the molecule is CC(C)NC(=O)N1CCC([C@H](NS(=O)(=O)c2ccccc2)C(=O)NCc2ccc(F)cc2)CC1. The molecule has 0 saturated carbocycles. The number of halogens is 1. The van der Waals surface area contributed by atoms with Crippen molar-refractivity contribution in [2.75, 3.05) is 13.1 Å². The predicted molar refractivity (Wildman–Crippen MR) is 127 cm³/mol. The number of nitrogens with zero attached hydrogens (tertiary/aromatic N) is 1. The van der Waals surface area contributed by atoms with Gasteiger partial charge in [0.05, 0.1) is 4.90 Å². The topological polar surface area (TPSA) is 108 Å². The van der Waals surface area contributed by atoms with Crippen molar-refractivity contribution in [1.29, 1.82) is 0 Å². The Morgan fingerprint density at radius 3 is 2.24 bits per heavy atom. The van der Waals surface area contributed by atoms with Crippen LogP contribution in [0.25, 0.3) is 0 Å². The lowest BCUT2D eigenvalue weighted by Gasteiger charge is -2.36. The molecule has 184 valence electrons. The monoisotopic (exact) mass is 490 g/mol. The molecule has 1 fully saturated rings. The van der Waals surface area contributed by atoms with Crippen molar-refractivity contribution in [2.45, 2.75) is 50.2 Å². The van der Waals surface area contributed by atoms with Gasteiger partial charge in [0.1, 0.15) is 11.9 Å². The van der Waals surface area contributed by atoms with Crippen molar-refractivity contribution in [3.8, 4) is 0 Å². The molecule has 8 nitrogen and oxygen atoms in total. The first-order valence-electron chi connectivity index (χ1n) is 11.3. The summed E-state index contributed by atoms with van der Waals surface area (Å²) in [6, 6.07) is 12.4. The number of amides is 3. The van der Waals surface area contributed by atoms with E-state index >= 15 is 0 Å². The van der Waals surface area contributed by atoms with E-state index in [0.29, 0.717) is 31.5 Å². The van der Waals surface area contributed by atoms with E-state index in [-0.39, 0.29) is 35.2 Å². The van der Waals surface area contributed by atoms with Crippen LogP contribution < -0.4 is 15.4 Å². The van der Waals surface area contributed by atoms with E-state index in [1.165, 1.54) is 24.3 Å². The summed E-state index contributed by atoms with van der Waals surface area (Å²) < 4.78 is 41.7. The van der Waals surface area contributed by atoms with Gasteiger partial charge in [-0.05, 0) is 62.4 Å². The highest BCUT2D eigenvalue weighted by Gasteiger charge is 2.35. The van der Waals surface area contributed by atoms with Crippen molar-refractivity contribution in [3.05, 3.63) is 66.0 Å². The van der Waals surface area contributed by atoms with Gasteiger partial charge in [-0.2, -0.15) is 4.72 Å². The number of rotatable bonds is 8. The number of nitrogens with one attached hydrogen (secondary N) is 3. The first-order valence-corrected chi connectivity index (χ1v) is 12.8.